The van der Waals surface area contributed by atoms with Crippen LogP contribution in [0.15, 0.2) is 71.5 Å². The monoisotopic (exact) mass is 338 g/mol. The first-order valence-electron chi connectivity index (χ1n) is 7.57. The Labute approximate surface area is 143 Å². The van der Waals surface area contributed by atoms with Gasteiger partial charge in [0.1, 0.15) is 17.3 Å². The molecule has 0 aliphatic carbocycles. The van der Waals surface area contributed by atoms with Gasteiger partial charge in [-0.05, 0) is 48.0 Å². The van der Waals surface area contributed by atoms with Crippen LogP contribution >= 0.6 is 0 Å². The fourth-order valence-corrected chi connectivity index (χ4v) is 1.99. The minimum absolute atomic E-state index is 0.233. The third-order valence-electron chi connectivity index (χ3n) is 3.24. The lowest BCUT2D eigenvalue weighted by Crippen LogP contribution is -2.20. The van der Waals surface area contributed by atoms with Crippen molar-refractivity contribution in [1.29, 1.82) is 0 Å². The van der Waals surface area contributed by atoms with Gasteiger partial charge in [0.2, 0.25) is 11.8 Å². The number of rotatable bonds is 6. The Morgan fingerprint density at radius 2 is 2.04 bits per heavy atom. The summed E-state index contributed by atoms with van der Waals surface area (Å²) in [6.07, 6.45) is 6.14. The number of ether oxygens (including phenoxy) is 1. The van der Waals surface area contributed by atoms with Crippen LogP contribution in [0.5, 0.6) is 11.6 Å². The van der Waals surface area contributed by atoms with E-state index in [2.05, 4.69) is 10.3 Å². The molecule has 1 aromatic carbocycles. The van der Waals surface area contributed by atoms with Crippen molar-refractivity contribution >= 4 is 12.0 Å². The zero-order chi connectivity index (χ0) is 17.5. The van der Waals surface area contributed by atoms with Crippen molar-refractivity contribution in [3.05, 3.63) is 84.2 Å². The molecule has 0 radical (unpaired) electrons. The molecular weight excluding hydrogens is 323 g/mol. The second-order valence-electron chi connectivity index (χ2n) is 5.13. The highest BCUT2D eigenvalue weighted by molar-refractivity contribution is 5.91. The third-order valence-corrected chi connectivity index (χ3v) is 3.24. The summed E-state index contributed by atoms with van der Waals surface area (Å²) in [4.78, 5) is 15.9. The fourth-order valence-electron chi connectivity index (χ4n) is 1.99. The van der Waals surface area contributed by atoms with Crippen LogP contribution in [0.2, 0.25) is 0 Å². The van der Waals surface area contributed by atoms with E-state index in [-0.39, 0.29) is 11.7 Å². The van der Waals surface area contributed by atoms with Gasteiger partial charge in [-0.1, -0.05) is 6.07 Å². The first-order chi connectivity index (χ1) is 12.2. The highest BCUT2D eigenvalue weighted by Gasteiger charge is 2.02. The molecule has 25 heavy (non-hydrogen) atoms. The smallest absolute Gasteiger partial charge is 0.244 e. The van der Waals surface area contributed by atoms with Crippen molar-refractivity contribution in [3.8, 4) is 11.6 Å². The van der Waals surface area contributed by atoms with Crippen LogP contribution in [0, 0.1) is 5.82 Å². The number of halogens is 1. The number of nitrogens with one attached hydrogen (secondary N) is 1. The molecule has 0 fully saturated rings. The van der Waals surface area contributed by atoms with E-state index < -0.39 is 0 Å². The Kier molecular flexibility index (Phi) is 5.21. The number of nitrogens with zero attached hydrogens (tertiary/aromatic N) is 1. The van der Waals surface area contributed by atoms with Crippen molar-refractivity contribution < 1.29 is 18.3 Å². The molecule has 5 nitrogen and oxygen atoms in total. The van der Waals surface area contributed by atoms with Crippen LogP contribution in [-0.4, -0.2) is 10.9 Å². The molecule has 6 heteroatoms. The van der Waals surface area contributed by atoms with Gasteiger partial charge in [0, 0.05) is 24.9 Å². The highest BCUT2D eigenvalue weighted by Crippen LogP contribution is 2.19. The summed E-state index contributed by atoms with van der Waals surface area (Å²) >= 11 is 0. The molecule has 1 N–H and O–H groups in total. The van der Waals surface area contributed by atoms with Crippen molar-refractivity contribution in [2.45, 2.75) is 6.54 Å². The second-order valence-corrected chi connectivity index (χ2v) is 5.13. The highest BCUT2D eigenvalue weighted by atomic mass is 19.1. The molecule has 2 aromatic heterocycles. The number of amides is 1. The predicted molar refractivity (Wildman–Crippen MR) is 90.3 cm³/mol. The Morgan fingerprint density at radius 3 is 2.72 bits per heavy atom. The van der Waals surface area contributed by atoms with Crippen LogP contribution in [0.3, 0.4) is 0 Å². The topological polar surface area (TPSA) is 64.4 Å². The Bertz CT molecular complexity index is 841. The summed E-state index contributed by atoms with van der Waals surface area (Å²) in [6, 6.07) is 12.7. The molecule has 0 aliphatic heterocycles. The fraction of sp³-hybridized carbons (Fsp3) is 0.0526. The molecule has 0 saturated heterocycles. The van der Waals surface area contributed by atoms with Crippen LogP contribution in [0.4, 0.5) is 4.39 Å². The minimum atomic E-state index is -0.326. The molecule has 0 spiro atoms. The number of benzene rings is 1. The van der Waals surface area contributed by atoms with Crippen molar-refractivity contribution in [1.82, 2.24) is 10.3 Å². The van der Waals surface area contributed by atoms with E-state index >= 15 is 0 Å². The zero-order valence-corrected chi connectivity index (χ0v) is 13.2. The van der Waals surface area contributed by atoms with E-state index in [0.717, 1.165) is 5.56 Å². The zero-order valence-electron chi connectivity index (χ0n) is 13.2. The molecule has 1 amide bonds. The number of hydrogen-bond acceptors (Lipinski definition) is 4. The van der Waals surface area contributed by atoms with E-state index in [1.807, 2.05) is 0 Å². The van der Waals surface area contributed by atoms with Gasteiger partial charge in [-0.15, -0.1) is 0 Å². The van der Waals surface area contributed by atoms with Crippen LogP contribution in [0.25, 0.3) is 6.08 Å². The number of pyridine rings is 1. The van der Waals surface area contributed by atoms with Crippen LogP contribution in [-0.2, 0) is 11.3 Å². The summed E-state index contributed by atoms with van der Waals surface area (Å²) in [5.74, 6) is 0.937. The first-order valence-corrected chi connectivity index (χ1v) is 7.57. The Hall–Kier alpha value is -3.41. The van der Waals surface area contributed by atoms with Gasteiger partial charge in [-0.2, -0.15) is 0 Å². The quantitative estimate of drug-likeness (QED) is 0.692. The van der Waals surface area contributed by atoms with Crippen molar-refractivity contribution in [3.63, 3.8) is 0 Å². The standard InChI is InChI=1S/C19H15FN2O3/c20-15-4-6-17(7-5-15)25-19-10-3-14(13-22-19)12-21-18(23)9-8-16-2-1-11-24-16/h1-11,13H,12H2,(H,21,23). The Morgan fingerprint density at radius 1 is 1.20 bits per heavy atom. The van der Waals surface area contributed by atoms with Gasteiger partial charge in [-0.25, -0.2) is 9.37 Å². The number of carbonyl (C=O) groups is 1. The van der Waals surface area contributed by atoms with Gasteiger partial charge in [0.05, 0.1) is 6.26 Å². The average Bonchev–Trinajstić information content (AvgIpc) is 3.15. The molecule has 0 saturated carbocycles. The summed E-state index contributed by atoms with van der Waals surface area (Å²) in [5.41, 5.74) is 0.825. The maximum atomic E-state index is 12.8. The maximum Gasteiger partial charge on any atom is 0.244 e. The molecule has 3 rings (SSSR count). The molecule has 2 heterocycles. The molecule has 0 aliphatic rings. The lowest BCUT2D eigenvalue weighted by molar-refractivity contribution is -0.116. The van der Waals surface area contributed by atoms with Gasteiger partial charge >= 0.3 is 0 Å². The summed E-state index contributed by atoms with van der Waals surface area (Å²) in [6.45, 7) is 0.338. The molecule has 126 valence electrons. The van der Waals surface area contributed by atoms with Gasteiger partial charge in [0.25, 0.3) is 0 Å². The number of carbonyl (C=O) groups excluding carboxylic acids is 1. The summed E-state index contributed by atoms with van der Waals surface area (Å²) in [5, 5.41) is 2.75. The molecule has 0 bridgehead atoms. The van der Waals surface area contributed by atoms with Crippen molar-refractivity contribution in [2.24, 2.45) is 0 Å². The molecule has 0 atom stereocenters. The molecule has 3 aromatic rings. The van der Waals surface area contributed by atoms with E-state index in [4.69, 9.17) is 9.15 Å². The lowest BCUT2D eigenvalue weighted by atomic mass is 10.3. The first kappa shape index (κ1) is 16.4. The normalized spacial score (nSPS) is 10.8. The van der Waals surface area contributed by atoms with Gasteiger partial charge < -0.3 is 14.5 Å². The SMILES string of the molecule is O=C(C=Cc1ccco1)NCc1ccc(Oc2ccc(F)cc2)nc1. The largest absolute Gasteiger partial charge is 0.465 e. The van der Waals surface area contributed by atoms with Gasteiger partial charge in [0.15, 0.2) is 0 Å². The maximum absolute atomic E-state index is 12.8. The van der Waals surface area contributed by atoms with Crippen molar-refractivity contribution in [2.75, 3.05) is 0 Å². The predicted octanol–water partition coefficient (Wildman–Crippen LogP) is 3.94. The second kappa shape index (κ2) is 7.92. The summed E-state index contributed by atoms with van der Waals surface area (Å²) < 4.78 is 23.5. The Balaban J connectivity index is 1.50. The van der Waals surface area contributed by atoms with Crippen LogP contribution < -0.4 is 10.1 Å². The van der Waals surface area contributed by atoms with E-state index in [0.29, 0.717) is 23.9 Å². The van der Waals surface area contributed by atoms with Gasteiger partial charge in [-0.3, -0.25) is 4.79 Å². The van der Waals surface area contributed by atoms with E-state index in [1.165, 1.54) is 30.3 Å². The lowest BCUT2D eigenvalue weighted by Gasteiger charge is -2.06. The minimum Gasteiger partial charge on any atom is -0.465 e. The molecular formula is C19H15FN2O3. The number of hydrogen-bond donors (Lipinski definition) is 1. The summed E-state index contributed by atoms with van der Waals surface area (Å²) in [7, 11) is 0. The van der Waals surface area contributed by atoms with E-state index in [1.54, 1.807) is 42.8 Å². The molecule has 0 unspecified atom stereocenters. The van der Waals surface area contributed by atoms with E-state index in [9.17, 15) is 9.18 Å². The van der Waals surface area contributed by atoms with Crippen LogP contribution in [0.1, 0.15) is 11.3 Å². The third kappa shape index (κ3) is 5.04. The number of aromatic nitrogens is 1. The number of furan rings is 1. The average molecular weight is 338 g/mol.